The van der Waals surface area contributed by atoms with Crippen LogP contribution in [0.4, 0.5) is 0 Å². The summed E-state index contributed by atoms with van der Waals surface area (Å²) in [5.74, 6) is 1.09. The maximum Gasteiger partial charge on any atom is 0.0709 e. The summed E-state index contributed by atoms with van der Waals surface area (Å²) in [6.45, 7) is 2.09. The van der Waals surface area contributed by atoms with Gasteiger partial charge < -0.3 is 0 Å². The predicted molar refractivity (Wildman–Crippen MR) is 74.0 cm³/mol. The number of benzene rings is 1. The van der Waals surface area contributed by atoms with Crippen LogP contribution in [-0.4, -0.2) is 21.5 Å². The first kappa shape index (κ1) is 12.7. The van der Waals surface area contributed by atoms with Gasteiger partial charge in [-0.05, 0) is 12.5 Å². The fraction of sp³-hybridized carbons (Fsp3) is 0.462. The smallest absolute Gasteiger partial charge is 0.0709 e. The summed E-state index contributed by atoms with van der Waals surface area (Å²) >= 11 is 12.0. The van der Waals surface area contributed by atoms with Gasteiger partial charge in [-0.1, -0.05) is 25.1 Å². The maximum absolute atomic E-state index is 6.00. The second-order valence-corrected chi connectivity index (χ2v) is 5.38. The van der Waals surface area contributed by atoms with Crippen molar-refractivity contribution < 1.29 is 0 Å². The molecule has 0 radical (unpaired) electrons. The van der Waals surface area contributed by atoms with Crippen LogP contribution >= 0.6 is 23.2 Å². The minimum Gasteiger partial charge on any atom is -0.268 e. The zero-order valence-corrected chi connectivity index (χ0v) is 11.6. The summed E-state index contributed by atoms with van der Waals surface area (Å²) in [5.41, 5.74) is 2.13. The molecule has 0 fully saturated rings. The maximum atomic E-state index is 6.00. The van der Waals surface area contributed by atoms with Gasteiger partial charge in [-0.15, -0.1) is 23.2 Å². The van der Waals surface area contributed by atoms with Crippen LogP contribution in [0.15, 0.2) is 24.3 Å². The van der Waals surface area contributed by atoms with E-state index in [1.807, 2.05) is 23.9 Å². The lowest BCUT2D eigenvalue weighted by Gasteiger charge is -2.22. The van der Waals surface area contributed by atoms with E-state index in [4.69, 9.17) is 23.2 Å². The largest absolute Gasteiger partial charge is 0.268 e. The number of aryl methyl sites for hydroxylation is 1. The average Bonchev–Trinajstić information content (AvgIpc) is 2.67. The topological polar surface area (TPSA) is 17.8 Å². The zero-order valence-electron chi connectivity index (χ0n) is 10.1. The number of fused-ring (bicyclic) bond motifs is 1. The number of alkyl halides is 2. The van der Waals surface area contributed by atoms with Crippen molar-refractivity contribution in [2.75, 3.05) is 11.8 Å². The fourth-order valence-electron chi connectivity index (χ4n) is 1.95. The third-order valence-corrected chi connectivity index (χ3v) is 4.36. The number of hydrogen-bond acceptors (Lipinski definition) is 1. The highest BCUT2D eigenvalue weighted by molar-refractivity contribution is 6.21. The number of para-hydroxylation sites is 1. The third kappa shape index (κ3) is 2.43. The van der Waals surface area contributed by atoms with Gasteiger partial charge in [0.2, 0.25) is 0 Å². The molecule has 4 heteroatoms. The average molecular weight is 271 g/mol. The standard InChI is InChI=1S/C13H16Cl2N2/c1-13(8-14,9-15)7-11-10-5-3-4-6-12(10)17(2)16-11/h3-6H,7-9H2,1-2H3. The van der Waals surface area contributed by atoms with E-state index < -0.39 is 0 Å². The molecule has 0 aliphatic heterocycles. The lowest BCUT2D eigenvalue weighted by atomic mass is 9.89. The van der Waals surface area contributed by atoms with E-state index >= 15 is 0 Å². The van der Waals surface area contributed by atoms with Crippen molar-refractivity contribution in [3.05, 3.63) is 30.0 Å². The second-order valence-electron chi connectivity index (χ2n) is 4.84. The van der Waals surface area contributed by atoms with Crippen molar-refractivity contribution in [2.45, 2.75) is 13.3 Å². The molecule has 0 aliphatic carbocycles. The normalized spacial score (nSPS) is 12.2. The molecular weight excluding hydrogens is 255 g/mol. The van der Waals surface area contributed by atoms with Crippen LogP contribution in [0.2, 0.25) is 0 Å². The number of aromatic nitrogens is 2. The van der Waals surface area contributed by atoms with Crippen LogP contribution in [0, 0.1) is 5.41 Å². The predicted octanol–water partition coefficient (Wildman–Crippen LogP) is 3.60. The Labute approximate surface area is 112 Å². The molecule has 1 aromatic carbocycles. The van der Waals surface area contributed by atoms with Crippen molar-refractivity contribution in [2.24, 2.45) is 12.5 Å². The lowest BCUT2D eigenvalue weighted by molar-refractivity contribution is 0.419. The summed E-state index contributed by atoms with van der Waals surface area (Å²) in [5, 5.41) is 5.76. The molecule has 2 aromatic rings. The van der Waals surface area contributed by atoms with Gasteiger partial charge in [0.15, 0.2) is 0 Å². The first-order chi connectivity index (χ1) is 8.09. The van der Waals surface area contributed by atoms with E-state index in [0.29, 0.717) is 11.8 Å². The molecule has 17 heavy (non-hydrogen) atoms. The molecular formula is C13H16Cl2N2. The van der Waals surface area contributed by atoms with E-state index in [1.54, 1.807) is 0 Å². The summed E-state index contributed by atoms with van der Waals surface area (Å²) in [6.07, 6.45) is 0.807. The molecule has 2 rings (SSSR count). The number of rotatable bonds is 4. The Morgan fingerprint density at radius 3 is 2.53 bits per heavy atom. The van der Waals surface area contributed by atoms with Gasteiger partial charge in [-0.3, -0.25) is 4.68 Å². The van der Waals surface area contributed by atoms with E-state index in [0.717, 1.165) is 17.6 Å². The minimum atomic E-state index is -0.0970. The molecule has 2 nitrogen and oxygen atoms in total. The van der Waals surface area contributed by atoms with Gasteiger partial charge in [0.05, 0.1) is 11.2 Å². The molecule has 0 amide bonds. The highest BCUT2D eigenvalue weighted by Crippen LogP contribution is 2.28. The quantitative estimate of drug-likeness (QED) is 0.777. The molecule has 0 aliphatic rings. The Hall–Kier alpha value is -0.730. The van der Waals surface area contributed by atoms with Crippen molar-refractivity contribution in [1.29, 1.82) is 0 Å². The number of hydrogen-bond donors (Lipinski definition) is 0. The molecule has 0 spiro atoms. The molecule has 0 bridgehead atoms. The highest BCUT2D eigenvalue weighted by atomic mass is 35.5. The van der Waals surface area contributed by atoms with Crippen LogP contribution in [0.3, 0.4) is 0 Å². The Bertz CT molecular complexity index is 515. The molecule has 0 saturated carbocycles. The van der Waals surface area contributed by atoms with E-state index in [1.165, 1.54) is 5.39 Å². The monoisotopic (exact) mass is 270 g/mol. The summed E-state index contributed by atoms with van der Waals surface area (Å²) in [6, 6.07) is 8.23. The van der Waals surface area contributed by atoms with E-state index in [2.05, 4.69) is 24.2 Å². The molecule has 0 N–H and O–H groups in total. The van der Waals surface area contributed by atoms with Gasteiger partial charge in [-0.25, -0.2) is 0 Å². The highest BCUT2D eigenvalue weighted by Gasteiger charge is 2.25. The van der Waals surface area contributed by atoms with Crippen LogP contribution in [-0.2, 0) is 13.5 Å². The summed E-state index contributed by atoms with van der Waals surface area (Å²) in [7, 11) is 1.96. The van der Waals surface area contributed by atoms with Crippen LogP contribution < -0.4 is 0 Å². The van der Waals surface area contributed by atoms with Crippen LogP contribution in [0.5, 0.6) is 0 Å². The Morgan fingerprint density at radius 2 is 1.88 bits per heavy atom. The number of nitrogens with zero attached hydrogens (tertiary/aromatic N) is 2. The van der Waals surface area contributed by atoms with Crippen molar-refractivity contribution >= 4 is 34.1 Å². The van der Waals surface area contributed by atoms with Crippen molar-refractivity contribution in [3.63, 3.8) is 0 Å². The van der Waals surface area contributed by atoms with Gasteiger partial charge >= 0.3 is 0 Å². The molecule has 1 aromatic heterocycles. The molecule has 1 heterocycles. The molecule has 0 saturated heterocycles. The van der Waals surface area contributed by atoms with Gasteiger partial charge in [-0.2, -0.15) is 5.10 Å². The molecule has 0 atom stereocenters. The van der Waals surface area contributed by atoms with Gasteiger partial charge in [0.25, 0.3) is 0 Å². The van der Waals surface area contributed by atoms with E-state index in [9.17, 15) is 0 Å². The van der Waals surface area contributed by atoms with Gasteiger partial charge in [0, 0.05) is 29.6 Å². The Balaban J connectivity index is 2.43. The van der Waals surface area contributed by atoms with Crippen molar-refractivity contribution in [1.82, 2.24) is 9.78 Å². The van der Waals surface area contributed by atoms with Gasteiger partial charge in [0.1, 0.15) is 0 Å². The third-order valence-electron chi connectivity index (χ3n) is 3.07. The fourth-order valence-corrected chi connectivity index (χ4v) is 2.43. The first-order valence-corrected chi connectivity index (χ1v) is 6.69. The Kier molecular flexibility index (Phi) is 3.64. The van der Waals surface area contributed by atoms with E-state index in [-0.39, 0.29) is 5.41 Å². The second kappa shape index (κ2) is 4.87. The van der Waals surface area contributed by atoms with Crippen molar-refractivity contribution in [3.8, 4) is 0 Å². The first-order valence-electron chi connectivity index (χ1n) is 5.62. The molecule has 0 unspecified atom stereocenters. The number of halogens is 2. The van der Waals surface area contributed by atoms with Crippen LogP contribution in [0.1, 0.15) is 12.6 Å². The SMILES string of the molecule is Cn1nc(CC(C)(CCl)CCl)c2ccccc21. The molecule has 92 valence electrons. The minimum absolute atomic E-state index is 0.0970. The van der Waals surface area contributed by atoms with Crippen LogP contribution in [0.25, 0.3) is 10.9 Å². The summed E-state index contributed by atoms with van der Waals surface area (Å²) < 4.78 is 1.91. The zero-order chi connectivity index (χ0) is 12.5. The lowest BCUT2D eigenvalue weighted by Crippen LogP contribution is -2.24. The Morgan fingerprint density at radius 1 is 1.24 bits per heavy atom. The summed E-state index contributed by atoms with van der Waals surface area (Å²) in [4.78, 5) is 0.